The summed E-state index contributed by atoms with van der Waals surface area (Å²) in [4.78, 5) is 16.8. The van der Waals surface area contributed by atoms with Crippen LogP contribution in [0.15, 0.2) is 41.4 Å². The Hall–Kier alpha value is -1.85. The molecule has 3 N–H and O–H groups in total. The van der Waals surface area contributed by atoms with Crippen molar-refractivity contribution in [1.29, 1.82) is 0 Å². The van der Waals surface area contributed by atoms with Crippen molar-refractivity contribution < 1.29 is 4.79 Å². The molecule has 20 heavy (non-hydrogen) atoms. The van der Waals surface area contributed by atoms with Crippen LogP contribution in [0.5, 0.6) is 0 Å². The minimum absolute atomic E-state index is 0.328. The fourth-order valence-electron chi connectivity index (χ4n) is 1.84. The number of nitrogens with one attached hydrogen (secondary N) is 1. The molecule has 0 radical (unpaired) electrons. The number of hydrogen-bond donors (Lipinski definition) is 2. The van der Waals surface area contributed by atoms with Gasteiger partial charge >= 0.3 is 0 Å². The molecule has 1 aromatic carbocycles. The lowest BCUT2D eigenvalue weighted by Gasteiger charge is -2.06. The molecule has 0 saturated heterocycles. The fourth-order valence-corrected chi connectivity index (χ4v) is 2.77. The first kappa shape index (κ1) is 14.6. The number of nitrogens with two attached hydrogens (primary N) is 1. The van der Waals surface area contributed by atoms with Gasteiger partial charge in [-0.05, 0) is 37.6 Å². The Labute approximate surface area is 122 Å². The largest absolute Gasteiger partial charge is 0.290 e. The number of aryl methyl sites for hydroxylation is 2. The van der Waals surface area contributed by atoms with E-state index in [9.17, 15) is 4.79 Å². The van der Waals surface area contributed by atoms with Crippen LogP contribution in [-0.2, 0) is 5.75 Å². The summed E-state index contributed by atoms with van der Waals surface area (Å²) in [6.45, 7) is 4.20. The van der Waals surface area contributed by atoms with E-state index < -0.39 is 0 Å². The monoisotopic (exact) mass is 287 g/mol. The second-order valence-electron chi connectivity index (χ2n) is 4.57. The lowest BCUT2D eigenvalue weighted by atomic mass is 10.2. The standard InChI is InChI=1S/C15H17N3OS/c1-10-3-6-14(11(2)7-10)20-9-13-5-4-12(8-17-13)15(19)18-16/h3-8H,9,16H2,1-2H3,(H,18,19). The van der Waals surface area contributed by atoms with Crippen molar-refractivity contribution in [2.75, 3.05) is 0 Å². The Bertz CT molecular complexity index is 611. The number of hydrogen-bond acceptors (Lipinski definition) is 4. The molecule has 0 aliphatic heterocycles. The highest BCUT2D eigenvalue weighted by Crippen LogP contribution is 2.26. The first-order valence-electron chi connectivity index (χ1n) is 6.26. The first-order chi connectivity index (χ1) is 9.60. The Balaban J connectivity index is 2.02. The van der Waals surface area contributed by atoms with Gasteiger partial charge in [0.05, 0.1) is 11.3 Å². The molecule has 1 aromatic heterocycles. The third-order valence-corrected chi connectivity index (χ3v) is 4.13. The van der Waals surface area contributed by atoms with Crippen molar-refractivity contribution >= 4 is 17.7 Å². The maximum Gasteiger partial charge on any atom is 0.266 e. The van der Waals surface area contributed by atoms with Crippen LogP contribution in [0.25, 0.3) is 0 Å². The molecular weight excluding hydrogens is 270 g/mol. The lowest BCUT2D eigenvalue weighted by molar-refractivity contribution is 0.0953. The smallest absolute Gasteiger partial charge is 0.266 e. The summed E-state index contributed by atoms with van der Waals surface area (Å²) in [5, 5.41) is 0. The number of benzene rings is 1. The minimum atomic E-state index is -0.328. The van der Waals surface area contributed by atoms with Gasteiger partial charge in [0, 0.05) is 16.8 Å². The van der Waals surface area contributed by atoms with E-state index in [1.807, 2.05) is 6.07 Å². The van der Waals surface area contributed by atoms with Crippen molar-refractivity contribution in [1.82, 2.24) is 10.4 Å². The number of thioether (sulfide) groups is 1. The van der Waals surface area contributed by atoms with E-state index in [0.29, 0.717) is 5.56 Å². The van der Waals surface area contributed by atoms with Gasteiger partial charge in [-0.1, -0.05) is 17.7 Å². The zero-order valence-corrected chi connectivity index (χ0v) is 12.3. The van der Waals surface area contributed by atoms with Gasteiger partial charge in [-0.25, -0.2) is 5.84 Å². The number of rotatable bonds is 4. The maximum atomic E-state index is 11.3. The summed E-state index contributed by atoms with van der Waals surface area (Å²) in [7, 11) is 0. The molecule has 0 aliphatic carbocycles. The second kappa shape index (κ2) is 6.54. The second-order valence-corrected chi connectivity index (χ2v) is 5.59. The molecule has 2 aromatic rings. The van der Waals surface area contributed by atoms with E-state index in [4.69, 9.17) is 5.84 Å². The summed E-state index contributed by atoms with van der Waals surface area (Å²) in [6, 6.07) is 9.99. The molecule has 0 atom stereocenters. The Morgan fingerprint density at radius 1 is 1.30 bits per heavy atom. The van der Waals surface area contributed by atoms with Gasteiger partial charge in [0.1, 0.15) is 0 Å². The molecular formula is C15H17N3OS. The van der Waals surface area contributed by atoms with Crippen LogP contribution in [0.3, 0.4) is 0 Å². The van der Waals surface area contributed by atoms with Crippen LogP contribution < -0.4 is 11.3 Å². The number of pyridine rings is 1. The number of amides is 1. The molecule has 0 fully saturated rings. The van der Waals surface area contributed by atoms with E-state index in [-0.39, 0.29) is 5.91 Å². The average molecular weight is 287 g/mol. The molecule has 0 unspecified atom stereocenters. The lowest BCUT2D eigenvalue weighted by Crippen LogP contribution is -2.30. The van der Waals surface area contributed by atoms with Gasteiger partial charge in [0.25, 0.3) is 5.91 Å². The Morgan fingerprint density at radius 2 is 2.10 bits per heavy atom. The normalized spacial score (nSPS) is 10.3. The predicted molar refractivity (Wildman–Crippen MR) is 81.4 cm³/mol. The quantitative estimate of drug-likeness (QED) is 0.392. The van der Waals surface area contributed by atoms with Crippen LogP contribution in [0.2, 0.25) is 0 Å². The van der Waals surface area contributed by atoms with Crippen molar-refractivity contribution in [3.8, 4) is 0 Å². The molecule has 104 valence electrons. The molecule has 0 saturated carbocycles. The molecule has 1 amide bonds. The molecule has 4 nitrogen and oxygen atoms in total. The number of carbonyl (C=O) groups is 1. The minimum Gasteiger partial charge on any atom is -0.290 e. The van der Waals surface area contributed by atoms with E-state index in [1.54, 1.807) is 24.0 Å². The van der Waals surface area contributed by atoms with Gasteiger partial charge in [-0.3, -0.25) is 15.2 Å². The van der Waals surface area contributed by atoms with E-state index >= 15 is 0 Å². The van der Waals surface area contributed by atoms with Gasteiger partial charge < -0.3 is 0 Å². The molecule has 1 heterocycles. The van der Waals surface area contributed by atoms with Crippen LogP contribution in [0, 0.1) is 13.8 Å². The van der Waals surface area contributed by atoms with Crippen molar-refractivity contribution in [3.63, 3.8) is 0 Å². The summed E-state index contributed by atoms with van der Waals surface area (Å²) >= 11 is 1.74. The fraction of sp³-hybridized carbons (Fsp3) is 0.200. The number of nitrogen functional groups attached to an aromatic ring is 1. The van der Waals surface area contributed by atoms with Crippen LogP contribution in [-0.4, -0.2) is 10.9 Å². The first-order valence-corrected chi connectivity index (χ1v) is 7.24. The van der Waals surface area contributed by atoms with E-state index in [0.717, 1.165) is 11.4 Å². The highest BCUT2D eigenvalue weighted by Gasteiger charge is 2.05. The highest BCUT2D eigenvalue weighted by molar-refractivity contribution is 7.98. The molecule has 2 rings (SSSR count). The Morgan fingerprint density at radius 3 is 2.70 bits per heavy atom. The number of carbonyl (C=O) groups excluding carboxylic acids is 1. The highest BCUT2D eigenvalue weighted by atomic mass is 32.2. The third-order valence-electron chi connectivity index (χ3n) is 2.92. The Kier molecular flexibility index (Phi) is 4.76. The SMILES string of the molecule is Cc1ccc(SCc2ccc(C(=O)NN)cn2)c(C)c1. The summed E-state index contributed by atoms with van der Waals surface area (Å²) in [6.07, 6.45) is 1.54. The average Bonchev–Trinajstić information content (AvgIpc) is 2.46. The van der Waals surface area contributed by atoms with Crippen molar-refractivity contribution in [3.05, 3.63) is 58.9 Å². The molecule has 0 bridgehead atoms. The number of nitrogens with zero attached hydrogens (tertiary/aromatic N) is 1. The van der Waals surface area contributed by atoms with Gasteiger partial charge in [0.15, 0.2) is 0 Å². The summed E-state index contributed by atoms with van der Waals surface area (Å²) in [5.41, 5.74) is 6.02. The number of hydrazine groups is 1. The summed E-state index contributed by atoms with van der Waals surface area (Å²) < 4.78 is 0. The van der Waals surface area contributed by atoms with Crippen LogP contribution in [0.4, 0.5) is 0 Å². The zero-order valence-electron chi connectivity index (χ0n) is 11.5. The molecule has 0 spiro atoms. The van der Waals surface area contributed by atoms with E-state index in [1.165, 1.54) is 16.0 Å². The predicted octanol–water partition coefficient (Wildman–Crippen LogP) is 2.59. The molecule has 0 aliphatic rings. The number of aromatic nitrogens is 1. The van der Waals surface area contributed by atoms with Gasteiger partial charge in [-0.15, -0.1) is 11.8 Å². The van der Waals surface area contributed by atoms with E-state index in [2.05, 4.69) is 42.5 Å². The summed E-state index contributed by atoms with van der Waals surface area (Å²) in [5.74, 6) is 5.52. The zero-order chi connectivity index (χ0) is 14.5. The van der Waals surface area contributed by atoms with Crippen LogP contribution in [0.1, 0.15) is 27.2 Å². The van der Waals surface area contributed by atoms with Gasteiger partial charge in [-0.2, -0.15) is 0 Å². The van der Waals surface area contributed by atoms with Crippen LogP contribution >= 0.6 is 11.8 Å². The maximum absolute atomic E-state index is 11.3. The topological polar surface area (TPSA) is 68.0 Å². The van der Waals surface area contributed by atoms with Crippen molar-refractivity contribution in [2.24, 2.45) is 5.84 Å². The third kappa shape index (κ3) is 3.59. The molecule has 5 heteroatoms. The van der Waals surface area contributed by atoms with Crippen molar-refractivity contribution in [2.45, 2.75) is 24.5 Å². The van der Waals surface area contributed by atoms with Gasteiger partial charge in [0.2, 0.25) is 0 Å².